The zero-order valence-corrected chi connectivity index (χ0v) is 17.4. The Morgan fingerprint density at radius 2 is 1.96 bits per heavy atom. The van der Waals surface area contributed by atoms with Gasteiger partial charge < -0.3 is 19.7 Å². The second-order valence-electron chi connectivity index (χ2n) is 6.68. The highest BCUT2D eigenvalue weighted by molar-refractivity contribution is 7.18. The molecule has 2 amide bonds. The van der Waals surface area contributed by atoms with E-state index >= 15 is 0 Å². The van der Waals surface area contributed by atoms with Crippen molar-refractivity contribution in [3.05, 3.63) is 16.0 Å². The molecule has 1 saturated heterocycles. The maximum absolute atomic E-state index is 12.8. The third-order valence-electron chi connectivity index (χ3n) is 4.40. The van der Waals surface area contributed by atoms with Crippen LogP contribution in [0.25, 0.3) is 0 Å². The van der Waals surface area contributed by atoms with Gasteiger partial charge in [-0.2, -0.15) is 0 Å². The number of hydrogen-bond acceptors (Lipinski definition) is 6. The van der Waals surface area contributed by atoms with E-state index in [4.69, 9.17) is 9.47 Å². The summed E-state index contributed by atoms with van der Waals surface area (Å²) >= 11 is 1.12. The number of carbonyl (C=O) groups excluding carboxylic acids is 3. The minimum Gasteiger partial charge on any atom is -0.459 e. The minimum atomic E-state index is -0.542. The van der Waals surface area contributed by atoms with Gasteiger partial charge in [0.15, 0.2) is 0 Å². The quantitative estimate of drug-likeness (QED) is 0.715. The number of esters is 1. The van der Waals surface area contributed by atoms with Gasteiger partial charge in [-0.1, -0.05) is 0 Å². The van der Waals surface area contributed by atoms with Crippen molar-refractivity contribution in [1.82, 2.24) is 4.90 Å². The third kappa shape index (κ3) is 4.87. The van der Waals surface area contributed by atoms with Crippen molar-refractivity contribution in [2.75, 3.05) is 25.0 Å². The summed E-state index contributed by atoms with van der Waals surface area (Å²) in [6.45, 7) is 10.7. The lowest BCUT2D eigenvalue weighted by atomic mass is 10.1. The van der Waals surface area contributed by atoms with E-state index in [1.165, 1.54) is 0 Å². The fraction of sp³-hybridized carbons (Fsp3) is 0.632. The molecule has 1 unspecified atom stereocenters. The Morgan fingerprint density at radius 1 is 1.30 bits per heavy atom. The van der Waals surface area contributed by atoms with Crippen LogP contribution in [0, 0.1) is 6.92 Å². The van der Waals surface area contributed by atoms with Crippen LogP contribution >= 0.6 is 11.3 Å². The lowest BCUT2D eigenvalue weighted by Crippen LogP contribution is -2.30. The molecule has 1 aliphatic rings. The standard InChI is InChI=1S/C19H28N2O5S/c1-6-21(7-2)18(23)15-12(5)14(19(24)26-11(3)4)17(27-15)20-16(22)13-9-8-10-25-13/h11,13H,6-10H2,1-5H3,(H,20,22). The van der Waals surface area contributed by atoms with Crippen LogP contribution < -0.4 is 5.32 Å². The molecule has 1 aliphatic heterocycles. The normalized spacial score (nSPS) is 16.4. The Hall–Kier alpha value is -1.93. The van der Waals surface area contributed by atoms with E-state index in [1.54, 1.807) is 25.7 Å². The van der Waals surface area contributed by atoms with Gasteiger partial charge in [0, 0.05) is 19.7 Å². The molecule has 1 fully saturated rings. The van der Waals surface area contributed by atoms with Gasteiger partial charge in [-0.15, -0.1) is 11.3 Å². The van der Waals surface area contributed by atoms with Crippen LogP contribution in [0.15, 0.2) is 0 Å². The number of ether oxygens (including phenoxy) is 2. The van der Waals surface area contributed by atoms with Gasteiger partial charge in [0.25, 0.3) is 11.8 Å². The van der Waals surface area contributed by atoms with E-state index in [0.717, 1.165) is 17.8 Å². The fourth-order valence-corrected chi connectivity index (χ4v) is 4.12. The number of hydrogen-bond donors (Lipinski definition) is 1. The molecule has 0 aliphatic carbocycles. The molecule has 1 N–H and O–H groups in total. The first-order valence-electron chi connectivity index (χ1n) is 9.36. The van der Waals surface area contributed by atoms with Gasteiger partial charge in [-0.25, -0.2) is 4.79 Å². The van der Waals surface area contributed by atoms with Crippen molar-refractivity contribution >= 4 is 34.1 Å². The van der Waals surface area contributed by atoms with E-state index in [0.29, 0.717) is 41.6 Å². The topological polar surface area (TPSA) is 84.9 Å². The summed E-state index contributed by atoms with van der Waals surface area (Å²) in [6.07, 6.45) is 0.645. The lowest BCUT2D eigenvalue weighted by molar-refractivity contribution is -0.124. The molecule has 0 spiro atoms. The third-order valence-corrected chi connectivity index (χ3v) is 5.59. The zero-order valence-electron chi connectivity index (χ0n) is 16.6. The molecule has 1 aromatic heterocycles. The van der Waals surface area contributed by atoms with Crippen molar-refractivity contribution < 1.29 is 23.9 Å². The predicted octanol–water partition coefficient (Wildman–Crippen LogP) is 3.22. The highest BCUT2D eigenvalue weighted by Crippen LogP contribution is 2.35. The Bertz CT molecular complexity index is 703. The number of amides is 2. The van der Waals surface area contributed by atoms with E-state index in [-0.39, 0.29) is 23.5 Å². The van der Waals surface area contributed by atoms with Crippen LogP contribution in [0.4, 0.5) is 5.00 Å². The molecule has 0 bridgehead atoms. The van der Waals surface area contributed by atoms with Gasteiger partial charge >= 0.3 is 5.97 Å². The van der Waals surface area contributed by atoms with Crippen LogP contribution in [0.5, 0.6) is 0 Å². The largest absolute Gasteiger partial charge is 0.459 e. The summed E-state index contributed by atoms with van der Waals surface area (Å²) in [5.41, 5.74) is 0.778. The minimum absolute atomic E-state index is 0.154. The van der Waals surface area contributed by atoms with Crippen LogP contribution in [0.2, 0.25) is 0 Å². The molecule has 2 rings (SSSR count). The van der Waals surface area contributed by atoms with Crippen molar-refractivity contribution in [2.45, 2.75) is 59.7 Å². The van der Waals surface area contributed by atoms with E-state index in [2.05, 4.69) is 5.32 Å². The maximum Gasteiger partial charge on any atom is 0.341 e. The molecule has 27 heavy (non-hydrogen) atoms. The van der Waals surface area contributed by atoms with Crippen LogP contribution in [0.1, 0.15) is 66.1 Å². The van der Waals surface area contributed by atoms with Crippen LogP contribution in [-0.4, -0.2) is 54.6 Å². The number of rotatable bonds is 7. The molecule has 1 atom stereocenters. The predicted molar refractivity (Wildman–Crippen MR) is 104 cm³/mol. The van der Waals surface area contributed by atoms with Gasteiger partial charge in [-0.05, 0) is 53.0 Å². The second kappa shape index (κ2) is 9.32. The average molecular weight is 397 g/mol. The Kier molecular flexibility index (Phi) is 7.38. The highest BCUT2D eigenvalue weighted by atomic mass is 32.1. The molecular weight excluding hydrogens is 368 g/mol. The molecule has 7 nitrogen and oxygen atoms in total. The lowest BCUT2D eigenvalue weighted by Gasteiger charge is -2.18. The van der Waals surface area contributed by atoms with Crippen molar-refractivity contribution in [1.29, 1.82) is 0 Å². The van der Waals surface area contributed by atoms with Crippen molar-refractivity contribution in [3.63, 3.8) is 0 Å². The van der Waals surface area contributed by atoms with E-state index < -0.39 is 12.1 Å². The number of nitrogens with one attached hydrogen (secondary N) is 1. The Morgan fingerprint density at radius 3 is 2.48 bits per heavy atom. The zero-order chi connectivity index (χ0) is 20.1. The smallest absolute Gasteiger partial charge is 0.341 e. The monoisotopic (exact) mass is 396 g/mol. The molecule has 0 aromatic carbocycles. The van der Waals surface area contributed by atoms with Crippen LogP contribution in [-0.2, 0) is 14.3 Å². The number of nitrogens with zero attached hydrogens (tertiary/aromatic N) is 1. The summed E-state index contributed by atoms with van der Waals surface area (Å²) < 4.78 is 10.7. The van der Waals surface area contributed by atoms with Gasteiger partial charge in [-0.3, -0.25) is 9.59 Å². The van der Waals surface area contributed by atoms with Gasteiger partial charge in [0.1, 0.15) is 11.1 Å². The first-order valence-corrected chi connectivity index (χ1v) is 10.2. The van der Waals surface area contributed by atoms with E-state index in [9.17, 15) is 14.4 Å². The SMILES string of the molecule is CCN(CC)C(=O)c1sc(NC(=O)C2CCCO2)c(C(=O)OC(C)C)c1C. The van der Waals surface area contributed by atoms with Gasteiger partial charge in [0.05, 0.1) is 16.5 Å². The molecule has 2 heterocycles. The maximum atomic E-state index is 12.8. The Labute approximate surface area is 164 Å². The van der Waals surface area contributed by atoms with Crippen molar-refractivity contribution in [3.8, 4) is 0 Å². The second-order valence-corrected chi connectivity index (χ2v) is 7.70. The van der Waals surface area contributed by atoms with E-state index in [1.807, 2.05) is 13.8 Å². The molecule has 1 aromatic rings. The number of anilines is 1. The summed E-state index contributed by atoms with van der Waals surface area (Å²) in [7, 11) is 0. The molecule has 0 radical (unpaired) electrons. The first kappa shape index (κ1) is 21.4. The molecular formula is C19H28N2O5S. The van der Waals surface area contributed by atoms with Crippen LogP contribution in [0.3, 0.4) is 0 Å². The summed E-state index contributed by atoms with van der Waals surface area (Å²) in [6, 6.07) is 0. The number of thiophene rings is 1. The Balaban J connectivity index is 2.39. The molecule has 0 saturated carbocycles. The van der Waals surface area contributed by atoms with Gasteiger partial charge in [0.2, 0.25) is 0 Å². The summed E-state index contributed by atoms with van der Waals surface area (Å²) in [4.78, 5) is 40.0. The molecule has 8 heteroatoms. The van der Waals surface area contributed by atoms with Crippen molar-refractivity contribution in [2.24, 2.45) is 0 Å². The molecule has 150 valence electrons. The average Bonchev–Trinajstić information content (AvgIpc) is 3.23. The highest BCUT2D eigenvalue weighted by Gasteiger charge is 2.31. The first-order chi connectivity index (χ1) is 12.8. The number of carbonyl (C=O) groups is 3. The fourth-order valence-electron chi connectivity index (χ4n) is 2.96. The summed E-state index contributed by atoms with van der Waals surface area (Å²) in [5, 5.41) is 3.12. The summed E-state index contributed by atoms with van der Waals surface area (Å²) in [5.74, 6) is -0.993.